The van der Waals surface area contributed by atoms with Crippen LogP contribution in [0.1, 0.15) is 31.7 Å². The molecule has 0 aliphatic rings. The second-order valence-corrected chi connectivity index (χ2v) is 11.5. The van der Waals surface area contributed by atoms with E-state index in [0.29, 0.717) is 0 Å². The molecule has 0 atom stereocenters. The first-order valence-electron chi connectivity index (χ1n) is 13.5. The van der Waals surface area contributed by atoms with Crippen LogP contribution >= 0.6 is 7.60 Å². The van der Waals surface area contributed by atoms with Crippen LogP contribution in [0.15, 0.2) is 121 Å². The summed E-state index contributed by atoms with van der Waals surface area (Å²) in [5.74, 6) is 0. The fraction of sp³-hybridized carbons (Fsp3) is 0.143. The molecule has 0 heterocycles. The summed E-state index contributed by atoms with van der Waals surface area (Å²) in [5, 5.41) is 0.0234. The van der Waals surface area contributed by atoms with E-state index in [0.717, 1.165) is 59.1 Å². The van der Waals surface area contributed by atoms with Gasteiger partial charge >= 0.3 is 7.60 Å². The molecular weight excluding hydrogens is 499 g/mol. The molecule has 2 N–H and O–H groups in total. The molecule has 196 valence electrons. The fourth-order valence-corrected chi connectivity index (χ4v) is 5.84. The second-order valence-electron chi connectivity index (χ2n) is 9.85. The molecule has 0 aromatic heterocycles. The Kier molecular flexibility index (Phi) is 8.24. The zero-order valence-corrected chi connectivity index (χ0v) is 23.0. The minimum atomic E-state index is -4.34. The van der Waals surface area contributed by atoms with E-state index in [-0.39, 0.29) is 5.30 Å². The highest BCUT2D eigenvalue weighted by Crippen LogP contribution is 2.47. The summed E-state index contributed by atoms with van der Waals surface area (Å²) in [7, 11) is -4.34. The van der Waals surface area contributed by atoms with Gasteiger partial charge in [0.25, 0.3) is 0 Å². The third-order valence-corrected chi connectivity index (χ3v) is 8.16. The van der Waals surface area contributed by atoms with Crippen LogP contribution in [0.4, 0.5) is 0 Å². The van der Waals surface area contributed by atoms with Crippen LogP contribution < -0.4 is 5.30 Å². The molecule has 5 aromatic rings. The molecule has 5 aromatic carbocycles. The summed E-state index contributed by atoms with van der Waals surface area (Å²) in [6, 6.07) is 40.6. The Hall–Kier alpha value is -3.75. The van der Waals surface area contributed by atoms with E-state index in [4.69, 9.17) is 0 Å². The largest absolute Gasteiger partial charge is 0.356 e. The van der Waals surface area contributed by atoms with Gasteiger partial charge in [-0.15, -0.1) is 0 Å². The Labute approximate surface area is 231 Å². The van der Waals surface area contributed by atoms with Gasteiger partial charge in [0.1, 0.15) is 0 Å². The maximum absolute atomic E-state index is 11.9. The number of hydrogen-bond acceptors (Lipinski definition) is 1. The highest BCUT2D eigenvalue weighted by molar-refractivity contribution is 7.60. The van der Waals surface area contributed by atoms with Gasteiger partial charge in [-0.25, -0.2) is 0 Å². The standard InChI is InChI=1S/C35H33O3P/c1-2-3-7-20-31-32(26-14-8-4-9-15-26)25-33(27-21-23-30(24-22-27)39(36,37)38)35(29-18-12-6-13-19-29)34(31)28-16-10-5-11-17-28/h4-6,8-19,21-25H,2-3,7,20H2,1H3,(H2,36,37,38). The first-order chi connectivity index (χ1) is 19.0. The molecule has 0 radical (unpaired) electrons. The Morgan fingerprint density at radius 2 is 1.05 bits per heavy atom. The van der Waals surface area contributed by atoms with E-state index < -0.39 is 7.60 Å². The molecule has 5 rings (SSSR count). The molecule has 0 unspecified atom stereocenters. The lowest BCUT2D eigenvalue weighted by atomic mass is 9.79. The van der Waals surface area contributed by atoms with Gasteiger partial charge in [0.05, 0.1) is 5.30 Å². The van der Waals surface area contributed by atoms with E-state index in [1.165, 1.54) is 16.7 Å². The topological polar surface area (TPSA) is 57.5 Å². The number of benzene rings is 5. The summed E-state index contributed by atoms with van der Waals surface area (Å²) in [4.78, 5) is 19.4. The molecule has 0 aliphatic heterocycles. The lowest BCUT2D eigenvalue weighted by Gasteiger charge is -2.24. The van der Waals surface area contributed by atoms with Crippen LogP contribution in [0, 0.1) is 0 Å². The van der Waals surface area contributed by atoms with Crippen molar-refractivity contribution in [2.75, 3.05) is 0 Å². The SMILES string of the molecule is CCCCCc1c(-c2ccccc2)cc(-c2ccc(P(=O)(O)O)cc2)c(-c2ccccc2)c1-c1ccccc1. The zero-order valence-electron chi connectivity index (χ0n) is 22.1. The molecule has 3 nitrogen and oxygen atoms in total. The zero-order chi connectivity index (χ0) is 27.2. The van der Waals surface area contributed by atoms with E-state index in [2.05, 4.69) is 85.8 Å². The van der Waals surface area contributed by atoms with Crippen molar-refractivity contribution in [3.05, 3.63) is 127 Å². The molecule has 0 amide bonds. The monoisotopic (exact) mass is 532 g/mol. The van der Waals surface area contributed by atoms with Gasteiger partial charge in [-0.3, -0.25) is 4.57 Å². The van der Waals surface area contributed by atoms with E-state index >= 15 is 0 Å². The first kappa shape index (κ1) is 26.8. The molecule has 0 fully saturated rings. The highest BCUT2D eigenvalue weighted by atomic mass is 31.2. The normalized spacial score (nSPS) is 11.5. The molecule has 0 spiro atoms. The van der Waals surface area contributed by atoms with Crippen molar-refractivity contribution in [3.8, 4) is 44.5 Å². The van der Waals surface area contributed by atoms with Gasteiger partial charge in [0.15, 0.2) is 0 Å². The van der Waals surface area contributed by atoms with Gasteiger partial charge in [0.2, 0.25) is 0 Å². The Morgan fingerprint density at radius 1 is 0.564 bits per heavy atom. The summed E-state index contributed by atoms with van der Waals surface area (Å²) < 4.78 is 11.9. The van der Waals surface area contributed by atoms with E-state index in [1.54, 1.807) is 12.1 Å². The van der Waals surface area contributed by atoms with Gasteiger partial charge in [-0.2, -0.15) is 0 Å². The predicted molar refractivity (Wildman–Crippen MR) is 163 cm³/mol. The van der Waals surface area contributed by atoms with Gasteiger partial charge in [0, 0.05) is 0 Å². The van der Waals surface area contributed by atoms with Crippen LogP contribution in [-0.4, -0.2) is 9.79 Å². The lowest BCUT2D eigenvalue weighted by molar-refractivity contribution is 0.387. The number of hydrogen-bond donors (Lipinski definition) is 2. The highest BCUT2D eigenvalue weighted by Gasteiger charge is 2.23. The van der Waals surface area contributed by atoms with E-state index in [1.807, 2.05) is 30.3 Å². The third kappa shape index (κ3) is 5.97. The van der Waals surface area contributed by atoms with Gasteiger partial charge in [-0.05, 0) is 81.1 Å². The van der Waals surface area contributed by atoms with Crippen molar-refractivity contribution < 1.29 is 14.4 Å². The van der Waals surface area contributed by atoms with Crippen LogP contribution in [0.25, 0.3) is 44.5 Å². The van der Waals surface area contributed by atoms with Crippen molar-refractivity contribution in [1.29, 1.82) is 0 Å². The molecule has 0 bridgehead atoms. The van der Waals surface area contributed by atoms with Crippen molar-refractivity contribution >= 4 is 12.9 Å². The van der Waals surface area contributed by atoms with Crippen molar-refractivity contribution in [3.63, 3.8) is 0 Å². The quantitative estimate of drug-likeness (QED) is 0.147. The molecular formula is C35H33O3P. The molecule has 0 saturated heterocycles. The molecule has 0 aliphatic carbocycles. The fourth-order valence-electron chi connectivity index (χ4n) is 5.30. The van der Waals surface area contributed by atoms with E-state index in [9.17, 15) is 14.4 Å². The van der Waals surface area contributed by atoms with Crippen LogP contribution in [0.5, 0.6) is 0 Å². The van der Waals surface area contributed by atoms with Crippen LogP contribution in [0.2, 0.25) is 0 Å². The van der Waals surface area contributed by atoms with Gasteiger partial charge < -0.3 is 9.79 Å². The second kappa shape index (κ2) is 12.0. The van der Waals surface area contributed by atoms with Crippen LogP contribution in [-0.2, 0) is 11.0 Å². The maximum atomic E-state index is 11.9. The van der Waals surface area contributed by atoms with Crippen LogP contribution in [0.3, 0.4) is 0 Å². The van der Waals surface area contributed by atoms with Crippen molar-refractivity contribution in [2.24, 2.45) is 0 Å². The summed E-state index contributed by atoms with van der Waals surface area (Å²) in [5.41, 5.74) is 10.3. The first-order valence-corrected chi connectivity index (χ1v) is 15.1. The summed E-state index contributed by atoms with van der Waals surface area (Å²) in [6.07, 6.45) is 4.37. The molecule has 4 heteroatoms. The minimum absolute atomic E-state index is 0.0234. The van der Waals surface area contributed by atoms with Crippen molar-refractivity contribution in [1.82, 2.24) is 0 Å². The summed E-state index contributed by atoms with van der Waals surface area (Å²) >= 11 is 0. The minimum Gasteiger partial charge on any atom is -0.321 e. The smallest absolute Gasteiger partial charge is 0.321 e. The number of rotatable bonds is 9. The summed E-state index contributed by atoms with van der Waals surface area (Å²) in [6.45, 7) is 2.23. The average Bonchev–Trinajstić information content (AvgIpc) is 2.98. The Balaban J connectivity index is 1.89. The molecule has 39 heavy (non-hydrogen) atoms. The Morgan fingerprint density at radius 3 is 1.56 bits per heavy atom. The predicted octanol–water partition coefficient (Wildman–Crippen LogP) is 8.89. The Bertz CT molecular complexity index is 1570. The number of unbranched alkanes of at least 4 members (excludes halogenated alkanes) is 2. The van der Waals surface area contributed by atoms with Crippen molar-refractivity contribution in [2.45, 2.75) is 32.6 Å². The molecule has 0 saturated carbocycles. The lowest BCUT2D eigenvalue weighted by Crippen LogP contribution is -2.04. The van der Waals surface area contributed by atoms with Gasteiger partial charge in [-0.1, -0.05) is 123 Å². The average molecular weight is 533 g/mol. The third-order valence-electron chi connectivity index (χ3n) is 7.19. The maximum Gasteiger partial charge on any atom is 0.356 e.